The molecule has 266 valence electrons. The van der Waals surface area contributed by atoms with Crippen molar-refractivity contribution in [2.45, 2.75) is 128 Å². The van der Waals surface area contributed by atoms with Crippen LogP contribution in [0.1, 0.15) is 162 Å². The van der Waals surface area contributed by atoms with Crippen molar-refractivity contribution >= 4 is 0 Å². The largest absolute Gasteiger partial charge is 0.508 e. The zero-order valence-electron chi connectivity index (χ0n) is 31.6. The summed E-state index contributed by atoms with van der Waals surface area (Å²) < 4.78 is 0. The van der Waals surface area contributed by atoms with Crippen molar-refractivity contribution in [1.82, 2.24) is 0 Å². The normalized spacial score (nSPS) is 20.5. The summed E-state index contributed by atoms with van der Waals surface area (Å²) in [6.45, 7) is 24.8. The third-order valence-corrected chi connectivity index (χ3v) is 11.0. The zero-order valence-corrected chi connectivity index (χ0v) is 31.6. The Morgan fingerprint density at radius 1 is 0.380 bits per heavy atom. The monoisotopic (exact) mass is 678 g/mol. The summed E-state index contributed by atoms with van der Waals surface area (Å²) >= 11 is 0. The van der Waals surface area contributed by atoms with E-state index in [0.29, 0.717) is 11.1 Å². The van der Waals surface area contributed by atoms with E-state index in [4.69, 9.17) is 0 Å². The van der Waals surface area contributed by atoms with Crippen molar-refractivity contribution in [3.8, 4) is 34.5 Å². The molecule has 6 heteroatoms. The molecule has 0 radical (unpaired) electrons. The lowest BCUT2D eigenvalue weighted by molar-refractivity contribution is 0.419. The molecular weight excluding hydrogens is 624 g/mol. The van der Waals surface area contributed by atoms with Crippen LogP contribution in [0.4, 0.5) is 0 Å². The van der Waals surface area contributed by atoms with Gasteiger partial charge in [0.15, 0.2) is 0 Å². The predicted molar refractivity (Wildman–Crippen MR) is 200 cm³/mol. The van der Waals surface area contributed by atoms with Gasteiger partial charge in [-0.3, -0.25) is 0 Å². The Hall–Kier alpha value is -4.32. The Kier molecular flexibility index (Phi) is 7.87. The standard InChI is InChI=1S/C44H54O6/c1-41(2,3)27-13-21(14-28(39(27)49)42(4,5)6)33-35-25(17-23(45)19-31(35)47)38-34(36-26(37(33)38)18-24(46)20-32(36)48)22-15-29(43(7,8)9)40(50)30(16-22)44(10,11)12/h13-20,33-34,37-38,45-50H,1-12H3/t33-,34-,37+,38+/m1/s1. The Morgan fingerprint density at radius 3 is 0.880 bits per heavy atom. The van der Waals surface area contributed by atoms with Crippen LogP contribution >= 0.6 is 0 Å². The lowest BCUT2D eigenvalue weighted by Crippen LogP contribution is -2.20. The SMILES string of the molecule is CC(C)(C)c1cc([C@@H]2c3c(O)cc(O)cc3[C@H]3[C@H](c4cc(C(C)(C)C)c(O)c(C(C)(C)C)c4)c4c(O)cc(O)cc4[C@@H]23)cc(C(C)(C)C)c1O. The van der Waals surface area contributed by atoms with Gasteiger partial charge < -0.3 is 30.6 Å². The quantitative estimate of drug-likeness (QED) is 0.126. The van der Waals surface area contributed by atoms with E-state index in [1.54, 1.807) is 12.1 Å². The highest BCUT2D eigenvalue weighted by Gasteiger charge is 2.55. The van der Waals surface area contributed by atoms with Gasteiger partial charge in [0.1, 0.15) is 34.5 Å². The fourth-order valence-corrected chi connectivity index (χ4v) is 8.75. The number of fused-ring (bicyclic) bond motifs is 5. The van der Waals surface area contributed by atoms with Gasteiger partial charge in [-0.15, -0.1) is 0 Å². The zero-order chi connectivity index (χ0) is 37.2. The Morgan fingerprint density at radius 2 is 0.640 bits per heavy atom. The van der Waals surface area contributed by atoms with Crippen LogP contribution in [0.25, 0.3) is 0 Å². The molecule has 2 aliphatic carbocycles. The van der Waals surface area contributed by atoms with Crippen LogP contribution in [-0.4, -0.2) is 30.6 Å². The van der Waals surface area contributed by atoms with Crippen LogP contribution in [0.2, 0.25) is 0 Å². The van der Waals surface area contributed by atoms with Crippen molar-refractivity contribution in [3.63, 3.8) is 0 Å². The molecule has 0 saturated carbocycles. The fraction of sp³-hybridized carbons (Fsp3) is 0.455. The Balaban J connectivity index is 1.74. The summed E-state index contributed by atoms with van der Waals surface area (Å²) in [7, 11) is 0. The van der Waals surface area contributed by atoms with Gasteiger partial charge in [0.05, 0.1) is 0 Å². The third-order valence-electron chi connectivity index (χ3n) is 11.0. The van der Waals surface area contributed by atoms with Gasteiger partial charge >= 0.3 is 0 Å². The molecule has 0 bridgehead atoms. The average Bonchev–Trinajstić information content (AvgIpc) is 3.44. The van der Waals surface area contributed by atoms with Gasteiger partial charge in [-0.25, -0.2) is 0 Å². The highest BCUT2D eigenvalue weighted by atomic mass is 16.3. The summed E-state index contributed by atoms with van der Waals surface area (Å²) in [5.74, 6) is -1.25. The van der Waals surface area contributed by atoms with Gasteiger partial charge in [0, 0.05) is 46.9 Å². The second kappa shape index (κ2) is 11.1. The van der Waals surface area contributed by atoms with Crippen LogP contribution in [-0.2, 0) is 21.7 Å². The first-order chi connectivity index (χ1) is 22.8. The van der Waals surface area contributed by atoms with Crippen molar-refractivity contribution in [2.75, 3.05) is 0 Å². The molecule has 6 N–H and O–H groups in total. The maximum atomic E-state index is 11.7. The molecule has 0 aromatic heterocycles. The lowest BCUT2D eigenvalue weighted by atomic mass is 9.73. The molecule has 0 spiro atoms. The van der Waals surface area contributed by atoms with E-state index in [9.17, 15) is 30.6 Å². The highest BCUT2D eigenvalue weighted by molar-refractivity contribution is 5.69. The Bertz CT molecular complexity index is 1810. The van der Waals surface area contributed by atoms with E-state index < -0.39 is 33.5 Å². The number of hydrogen-bond acceptors (Lipinski definition) is 6. The Labute approximate surface area is 297 Å². The molecule has 6 nitrogen and oxygen atoms in total. The van der Waals surface area contributed by atoms with Gasteiger partial charge in [0.25, 0.3) is 0 Å². The van der Waals surface area contributed by atoms with Crippen LogP contribution in [0.15, 0.2) is 48.5 Å². The number of aromatic hydroxyl groups is 6. The first-order valence-electron chi connectivity index (χ1n) is 17.7. The predicted octanol–water partition coefficient (Wildman–Crippen LogP) is 10.3. The van der Waals surface area contributed by atoms with Crippen LogP contribution in [0.5, 0.6) is 34.5 Å². The van der Waals surface area contributed by atoms with E-state index >= 15 is 0 Å². The molecule has 0 heterocycles. The molecule has 0 amide bonds. The summed E-state index contributed by atoms with van der Waals surface area (Å²) in [5.41, 5.74) is 6.28. The van der Waals surface area contributed by atoms with Gasteiger partial charge in [-0.05, 0) is 78.3 Å². The molecule has 50 heavy (non-hydrogen) atoms. The molecule has 6 rings (SSSR count). The van der Waals surface area contributed by atoms with Crippen LogP contribution in [0.3, 0.4) is 0 Å². The maximum absolute atomic E-state index is 11.7. The smallest absolute Gasteiger partial charge is 0.123 e. The first-order valence-corrected chi connectivity index (χ1v) is 17.7. The van der Waals surface area contributed by atoms with Crippen molar-refractivity contribution < 1.29 is 30.6 Å². The number of phenols is 6. The maximum Gasteiger partial charge on any atom is 0.123 e. The van der Waals surface area contributed by atoms with E-state index in [-0.39, 0.29) is 46.3 Å². The number of phenolic OH excluding ortho intramolecular Hbond substituents is 6. The van der Waals surface area contributed by atoms with Crippen molar-refractivity contribution in [2.24, 2.45) is 0 Å². The number of hydrogen-bond donors (Lipinski definition) is 6. The summed E-state index contributed by atoms with van der Waals surface area (Å²) in [5, 5.41) is 68.7. The molecule has 4 atom stereocenters. The molecule has 4 aromatic carbocycles. The van der Waals surface area contributed by atoms with Crippen molar-refractivity contribution in [1.29, 1.82) is 0 Å². The highest BCUT2D eigenvalue weighted by Crippen LogP contribution is 2.70. The minimum Gasteiger partial charge on any atom is -0.508 e. The lowest BCUT2D eigenvalue weighted by Gasteiger charge is -2.31. The molecule has 2 aliphatic rings. The van der Waals surface area contributed by atoms with E-state index in [0.717, 1.165) is 44.5 Å². The molecule has 0 fully saturated rings. The second-order valence-electron chi connectivity index (χ2n) is 18.9. The summed E-state index contributed by atoms with van der Waals surface area (Å²) in [6.07, 6.45) is 0. The number of benzene rings is 4. The first kappa shape index (κ1) is 35.5. The fourth-order valence-electron chi connectivity index (χ4n) is 8.75. The van der Waals surface area contributed by atoms with E-state index in [2.05, 4.69) is 83.1 Å². The number of rotatable bonds is 2. The molecule has 0 unspecified atom stereocenters. The molecule has 0 saturated heterocycles. The molecule has 4 aromatic rings. The minimum atomic E-state index is -0.440. The van der Waals surface area contributed by atoms with Crippen molar-refractivity contribution in [3.05, 3.63) is 104 Å². The van der Waals surface area contributed by atoms with Gasteiger partial charge in [-0.1, -0.05) is 107 Å². The molecule has 0 aliphatic heterocycles. The summed E-state index contributed by atoms with van der Waals surface area (Å²) in [6, 6.07) is 14.4. The summed E-state index contributed by atoms with van der Waals surface area (Å²) in [4.78, 5) is 0. The van der Waals surface area contributed by atoms with Crippen LogP contribution < -0.4 is 0 Å². The van der Waals surface area contributed by atoms with Gasteiger partial charge in [0.2, 0.25) is 0 Å². The second-order valence-corrected chi connectivity index (χ2v) is 18.9. The van der Waals surface area contributed by atoms with E-state index in [1.165, 1.54) is 12.1 Å². The minimum absolute atomic E-state index is 0.0248. The average molecular weight is 679 g/mol. The third kappa shape index (κ3) is 5.56. The topological polar surface area (TPSA) is 121 Å². The van der Waals surface area contributed by atoms with Crippen LogP contribution in [0, 0.1) is 0 Å². The van der Waals surface area contributed by atoms with E-state index in [1.807, 2.05) is 24.3 Å². The van der Waals surface area contributed by atoms with Gasteiger partial charge in [-0.2, -0.15) is 0 Å². The molecular formula is C44H54O6.